The number of para-hydroxylation sites is 4. The Morgan fingerprint density at radius 2 is 0.642 bits per heavy atom. The van der Waals surface area contributed by atoms with Gasteiger partial charge in [0.1, 0.15) is 17.0 Å². The van der Waals surface area contributed by atoms with Gasteiger partial charge in [0.25, 0.3) is 0 Å². The molecular weight excluding hydrogens is 1600 g/mol. The highest BCUT2D eigenvalue weighted by atomic mass is 32.2. The summed E-state index contributed by atoms with van der Waals surface area (Å²) in [4.78, 5) is 9.95. The van der Waals surface area contributed by atoms with Gasteiger partial charge in [-0.25, -0.2) is 9.97 Å². The van der Waals surface area contributed by atoms with Crippen LogP contribution in [0, 0.1) is 0 Å². The third kappa shape index (κ3) is 13.8. The van der Waals surface area contributed by atoms with E-state index in [0.717, 1.165) is 105 Å². The van der Waals surface area contributed by atoms with Crippen LogP contribution in [-0.2, 0) is 28.6 Å². The molecule has 0 spiro atoms. The number of imidazole rings is 2. The van der Waals surface area contributed by atoms with Gasteiger partial charge >= 0.3 is 40.5 Å². The minimum atomic E-state index is -7.41. The van der Waals surface area contributed by atoms with E-state index in [1.165, 1.54) is 27.1 Å². The van der Waals surface area contributed by atoms with Crippen molar-refractivity contribution < 1.29 is 70.6 Å². The van der Waals surface area contributed by atoms with E-state index >= 15 is 0 Å². The van der Waals surface area contributed by atoms with Crippen LogP contribution in [0.15, 0.2) is 352 Å². The number of halogens is 9. The zero-order valence-corrected chi connectivity index (χ0v) is 67.0. The predicted octanol–water partition coefficient (Wildman–Crippen LogP) is 22.0. The van der Waals surface area contributed by atoms with Crippen molar-refractivity contribution >= 4 is 146 Å². The van der Waals surface area contributed by atoms with Gasteiger partial charge in [0.05, 0.1) is 44.3 Å². The van der Waals surface area contributed by atoms with Crippen LogP contribution in [0.2, 0.25) is 0 Å². The van der Waals surface area contributed by atoms with Crippen LogP contribution in [0.4, 0.5) is 39.5 Å². The lowest BCUT2D eigenvalue weighted by atomic mass is 9.78. The molecule has 120 heavy (non-hydrogen) atoms. The first-order valence-corrected chi connectivity index (χ1v) is 43.0. The fourth-order valence-corrected chi connectivity index (χ4v) is 21.6. The number of hydrogen-bond acceptors (Lipinski definition) is 9. The molecule has 0 amide bonds. The molecule has 0 bridgehead atoms. The Balaban J connectivity index is 0.000000131. The van der Waals surface area contributed by atoms with E-state index in [2.05, 4.69) is 198 Å². The minimum absolute atomic E-state index is 0.297. The van der Waals surface area contributed by atoms with Crippen LogP contribution in [0.1, 0.15) is 27.7 Å². The largest absolute Gasteiger partial charge is 0.494 e. The lowest BCUT2D eigenvalue weighted by Crippen LogP contribution is -2.63. The molecule has 598 valence electrons. The Kier molecular flexibility index (Phi) is 20.3. The Morgan fingerprint density at radius 3 is 1.03 bits per heavy atom. The maximum atomic E-state index is 14.8. The molecule has 0 aliphatic carbocycles. The lowest BCUT2D eigenvalue weighted by molar-refractivity contribution is -0.382. The molecule has 4 aromatic heterocycles. The summed E-state index contributed by atoms with van der Waals surface area (Å²) in [6, 6.07) is 111. The Morgan fingerprint density at radius 1 is 0.333 bits per heavy atom. The van der Waals surface area contributed by atoms with E-state index in [0.29, 0.717) is 39.2 Å². The first-order chi connectivity index (χ1) is 57.4. The van der Waals surface area contributed by atoms with Crippen molar-refractivity contribution in [1.82, 2.24) is 18.8 Å². The normalized spacial score (nSPS) is 14.1. The number of rotatable bonds is 15. The van der Waals surface area contributed by atoms with Gasteiger partial charge in [-0.05, 0) is 132 Å². The number of hydrogen-bond donors (Lipinski definition) is 0. The average Bonchev–Trinajstić information content (AvgIpc) is 1.22. The van der Waals surface area contributed by atoms with Crippen molar-refractivity contribution in [1.29, 1.82) is 0 Å². The molecule has 14 aromatic carbocycles. The summed E-state index contributed by atoms with van der Waals surface area (Å²) in [5.74, 6) is -15.9. The second-order valence-electron chi connectivity index (χ2n) is 30.2. The number of fused-ring (bicyclic) bond motifs is 16. The molecule has 1 fully saturated rings. The zero-order valence-electron chi connectivity index (χ0n) is 64.4. The van der Waals surface area contributed by atoms with E-state index in [4.69, 9.17) is 19.3 Å². The molecule has 0 unspecified atom stereocenters. The van der Waals surface area contributed by atoms with E-state index in [1.54, 1.807) is 84.9 Å². The molecule has 1 aliphatic heterocycles. The molecule has 18 aromatic rings. The van der Waals surface area contributed by atoms with Gasteiger partial charge in [-0.3, -0.25) is 8.80 Å². The van der Waals surface area contributed by atoms with Gasteiger partial charge in [0.15, 0.2) is 14.3 Å². The van der Waals surface area contributed by atoms with Crippen LogP contribution in [0.25, 0.3) is 110 Å². The van der Waals surface area contributed by atoms with Crippen LogP contribution >= 0.6 is 14.3 Å². The molecule has 0 N–H and O–H groups in total. The molecule has 11 nitrogen and oxygen atoms in total. The molecule has 1 saturated heterocycles. The third-order valence-corrected chi connectivity index (χ3v) is 29.8. The highest BCUT2D eigenvalue weighted by molar-refractivity contribution is 7.88. The summed E-state index contributed by atoms with van der Waals surface area (Å²) < 4.78 is 192. The van der Waals surface area contributed by atoms with Gasteiger partial charge in [0.2, 0.25) is 0 Å². The predicted molar refractivity (Wildman–Crippen MR) is 463 cm³/mol. The molecule has 5 heterocycles. The number of aromatic nitrogens is 4. The number of benzene rings is 14. The Hall–Kier alpha value is -12.4. The fraction of sp³-hybridized carbons (Fsp3) is 0.104. The topological polar surface area (TPSA) is 131 Å². The quantitative estimate of drug-likeness (QED) is 0.0324. The number of pyridine rings is 2. The van der Waals surface area contributed by atoms with Gasteiger partial charge in [-0.2, -0.15) is 47.9 Å². The van der Waals surface area contributed by atoms with Crippen molar-refractivity contribution in [3.63, 3.8) is 0 Å². The van der Waals surface area contributed by atoms with Gasteiger partial charge in [-0.15, -0.1) is 0 Å². The summed E-state index contributed by atoms with van der Waals surface area (Å²) in [5.41, 5.74) is 14.1. The fourth-order valence-electron chi connectivity index (χ4n) is 15.4. The third-order valence-electron chi connectivity index (χ3n) is 22.4. The summed E-state index contributed by atoms with van der Waals surface area (Å²) in [6.45, 7) is 8.35. The van der Waals surface area contributed by atoms with Crippen LogP contribution in [0.5, 0.6) is 5.75 Å². The average molecular weight is 1670 g/mol. The highest BCUT2D eigenvalue weighted by Gasteiger charge is 2.86. The molecule has 0 atom stereocenters. The first-order valence-electron chi connectivity index (χ1n) is 38.2. The summed E-state index contributed by atoms with van der Waals surface area (Å²) in [6.07, 6.45) is -7.19. The Bertz CT molecular complexity index is 7080. The molecule has 19 rings (SSSR count). The van der Waals surface area contributed by atoms with Crippen LogP contribution in [0.3, 0.4) is 0 Å². The first kappa shape index (κ1) is 80.0. The summed E-state index contributed by atoms with van der Waals surface area (Å²) in [5, 5.41) is 4.18. The van der Waals surface area contributed by atoms with Gasteiger partial charge < -0.3 is 22.6 Å². The molecule has 24 heteroatoms. The van der Waals surface area contributed by atoms with Crippen molar-refractivity contribution in [3.8, 4) is 39.1 Å². The van der Waals surface area contributed by atoms with Crippen LogP contribution < -0.4 is 41.5 Å². The number of alkyl halides is 9. The zero-order chi connectivity index (χ0) is 83.9. The molecular formula is C96H70BF9N4O7P2S. The Labute approximate surface area is 684 Å². The van der Waals surface area contributed by atoms with Crippen molar-refractivity contribution in [2.75, 3.05) is 0 Å². The van der Waals surface area contributed by atoms with Gasteiger partial charge in [0, 0.05) is 53.4 Å². The van der Waals surface area contributed by atoms with Gasteiger partial charge in [-0.1, -0.05) is 297 Å². The standard InChI is InChI=1S/C43H29N2OP.C28H18F9O4PS.C25H23BN2O2/c46-47(34-11-3-1-4-12-34,35-13-5-2-6-14-35)36-26-23-31(24-27-36)30-19-21-32(22-20-30)33-25-28-41-39(29-33)37-15-7-8-16-38(37)43-44-40-17-9-10-18-42(40)45(41)43;29-25(30,27(33,34)35)26(31,32)28(36,37)43(39,40)41-21-15-11-19(12-16-21)20-13-17-24(18-14-20)42(38,22-7-3-1-4-8-22)23-9-5-2-6-10-23;1-24(2)25(3,4)30-26(29-24)16-13-14-21-19(15-16)17-9-5-6-10-18(17)23-27-20-11-7-8-12-22(20)28(21)23/h1-29H;1-18H;5-15H,1-4H3. The van der Waals surface area contributed by atoms with E-state index in [1.807, 2.05) is 84.9 Å². The van der Waals surface area contributed by atoms with Crippen molar-refractivity contribution in [3.05, 3.63) is 352 Å². The maximum Gasteiger partial charge on any atom is 0.494 e. The van der Waals surface area contributed by atoms with E-state index in [9.17, 15) is 57.1 Å². The summed E-state index contributed by atoms with van der Waals surface area (Å²) in [7, 11) is -13.8. The second-order valence-corrected chi connectivity index (χ2v) is 37.3. The molecule has 1 aliphatic rings. The van der Waals surface area contributed by atoms with Crippen molar-refractivity contribution in [2.24, 2.45) is 0 Å². The smallest absolute Gasteiger partial charge is 0.399 e. The lowest BCUT2D eigenvalue weighted by Gasteiger charge is -2.32. The highest BCUT2D eigenvalue weighted by Crippen LogP contribution is 2.56. The van der Waals surface area contributed by atoms with E-state index in [-0.39, 0.29) is 18.3 Å². The monoisotopic (exact) mass is 1670 g/mol. The van der Waals surface area contributed by atoms with E-state index < -0.39 is 53.4 Å². The van der Waals surface area contributed by atoms with Crippen molar-refractivity contribution in [2.45, 2.75) is 62.2 Å². The molecule has 0 saturated carbocycles. The van der Waals surface area contributed by atoms with Crippen LogP contribution in [-0.4, -0.2) is 68.8 Å². The second kappa shape index (κ2) is 30.4. The molecule has 0 radical (unpaired) electrons. The number of nitrogens with zero attached hydrogens (tertiary/aromatic N) is 4. The minimum Gasteiger partial charge on any atom is -0.399 e. The summed E-state index contributed by atoms with van der Waals surface area (Å²) >= 11 is 0. The SMILES string of the molecule is CC1(C)OB(c2ccc3c(c2)c2ccccc2c2nc4ccccc4n32)OC1(C)C.O=P(c1ccccc1)(c1ccccc1)c1ccc(-c2ccc(-c3ccc4c(c3)c3ccccc3c3nc5ccccc5n43)cc2)cc1.O=P(c1ccccc1)(c1ccccc1)c1ccc(-c2ccc(OS(=O)(=O)C(F)(F)C(F)(F)C(F)(F)C(F)(F)F)cc2)cc1. The maximum absolute atomic E-state index is 14.8.